The monoisotopic (exact) mass is 553 g/mol. The fraction of sp³-hybridized carbons (Fsp3) is 0.241. The lowest BCUT2D eigenvalue weighted by atomic mass is 9.89. The Hall–Kier alpha value is -3.92. The van der Waals surface area contributed by atoms with Gasteiger partial charge in [-0.2, -0.15) is 13.2 Å². The number of nitrogens with zero attached hydrogens (tertiary/aromatic N) is 2. The highest BCUT2D eigenvalue weighted by Crippen LogP contribution is 2.31. The molecule has 1 fully saturated rings. The number of para-hydroxylation sites is 1. The summed E-state index contributed by atoms with van der Waals surface area (Å²) in [5.41, 5.74) is 1.12. The molecule has 3 aromatic carbocycles. The van der Waals surface area contributed by atoms with Crippen LogP contribution in [0.2, 0.25) is 0 Å². The van der Waals surface area contributed by atoms with E-state index in [1.54, 1.807) is 59.5 Å². The van der Waals surface area contributed by atoms with Crippen LogP contribution >= 0.6 is 0 Å². The highest BCUT2D eigenvalue weighted by molar-refractivity contribution is 7.93. The van der Waals surface area contributed by atoms with E-state index in [0.29, 0.717) is 60.1 Å². The van der Waals surface area contributed by atoms with Gasteiger partial charge in [0.05, 0.1) is 11.1 Å². The predicted octanol–water partition coefficient (Wildman–Crippen LogP) is 6.15. The highest BCUT2D eigenvalue weighted by Gasteiger charge is 2.31. The van der Waals surface area contributed by atoms with E-state index in [-0.39, 0.29) is 16.7 Å². The largest absolute Gasteiger partial charge is 0.416 e. The van der Waals surface area contributed by atoms with Crippen LogP contribution in [0.3, 0.4) is 0 Å². The summed E-state index contributed by atoms with van der Waals surface area (Å²) in [6.07, 6.45) is -0.908. The Morgan fingerprint density at radius 1 is 0.949 bits per heavy atom. The standard InChI is InChI=1S/C29H26F3N3O3S/c30-29(31,32)24-7-1-4-21(19-24)18-20-13-16-35(17-14-20)28(36)23-9-11-25(12-10-23)34-39(37,38)26-8-2-5-22-6-3-15-33-27(22)26/h1-12,15,19-20,34H,13-14,16-18H2. The molecule has 1 aliphatic heterocycles. The summed E-state index contributed by atoms with van der Waals surface area (Å²) < 4.78 is 67.6. The molecule has 0 unspecified atom stereocenters. The molecule has 2 heterocycles. The van der Waals surface area contributed by atoms with Crippen LogP contribution in [0.15, 0.2) is 90.0 Å². The van der Waals surface area contributed by atoms with E-state index in [1.807, 2.05) is 0 Å². The number of nitrogens with one attached hydrogen (secondary N) is 1. The molecule has 1 N–H and O–H groups in total. The molecule has 0 radical (unpaired) electrons. The van der Waals surface area contributed by atoms with Crippen LogP contribution in [-0.2, 0) is 22.6 Å². The first-order valence-corrected chi connectivity index (χ1v) is 14.0. The van der Waals surface area contributed by atoms with E-state index in [1.165, 1.54) is 24.4 Å². The zero-order valence-corrected chi connectivity index (χ0v) is 21.7. The Bertz CT molecular complexity index is 1590. The third-order valence-electron chi connectivity index (χ3n) is 6.95. The van der Waals surface area contributed by atoms with Gasteiger partial charge < -0.3 is 4.90 Å². The fourth-order valence-electron chi connectivity index (χ4n) is 4.91. The van der Waals surface area contributed by atoms with E-state index in [2.05, 4.69) is 9.71 Å². The molecule has 1 amide bonds. The molecule has 1 aromatic heterocycles. The smallest absolute Gasteiger partial charge is 0.339 e. The van der Waals surface area contributed by atoms with Crippen molar-refractivity contribution in [3.8, 4) is 0 Å². The van der Waals surface area contributed by atoms with Crippen molar-refractivity contribution in [3.05, 3.63) is 102 Å². The maximum Gasteiger partial charge on any atom is 0.416 e. The van der Waals surface area contributed by atoms with Crippen LogP contribution < -0.4 is 4.72 Å². The normalized spacial score (nSPS) is 14.9. The van der Waals surface area contributed by atoms with Crippen LogP contribution in [0.4, 0.5) is 18.9 Å². The van der Waals surface area contributed by atoms with Crippen molar-refractivity contribution < 1.29 is 26.4 Å². The SMILES string of the molecule is O=C(c1ccc(NS(=O)(=O)c2cccc3cccnc23)cc1)N1CCC(Cc2cccc(C(F)(F)F)c2)CC1. The van der Waals surface area contributed by atoms with Gasteiger partial charge in [-0.1, -0.05) is 36.4 Å². The number of aromatic nitrogens is 1. The number of rotatable bonds is 6. The molecule has 0 aliphatic carbocycles. The Balaban J connectivity index is 1.19. The molecule has 4 aromatic rings. The van der Waals surface area contributed by atoms with Crippen molar-refractivity contribution in [1.29, 1.82) is 0 Å². The summed E-state index contributed by atoms with van der Waals surface area (Å²) in [4.78, 5) is 19.0. The molecule has 202 valence electrons. The van der Waals surface area contributed by atoms with Gasteiger partial charge in [-0.05, 0) is 73.2 Å². The maximum absolute atomic E-state index is 13.0. The first kappa shape index (κ1) is 26.7. The van der Waals surface area contributed by atoms with Crippen molar-refractivity contribution in [1.82, 2.24) is 9.88 Å². The average Bonchev–Trinajstić information content (AvgIpc) is 2.93. The molecule has 39 heavy (non-hydrogen) atoms. The second kappa shape index (κ2) is 10.7. The summed E-state index contributed by atoms with van der Waals surface area (Å²) in [6.45, 7) is 1.01. The zero-order valence-electron chi connectivity index (χ0n) is 20.9. The van der Waals surface area contributed by atoms with Crippen LogP contribution in [0.5, 0.6) is 0 Å². The van der Waals surface area contributed by atoms with Gasteiger partial charge in [0, 0.05) is 35.9 Å². The molecule has 6 nitrogen and oxygen atoms in total. The molecule has 0 atom stereocenters. The van der Waals surface area contributed by atoms with Crippen LogP contribution in [-0.4, -0.2) is 37.3 Å². The van der Waals surface area contributed by atoms with E-state index in [4.69, 9.17) is 0 Å². The number of sulfonamides is 1. The van der Waals surface area contributed by atoms with Gasteiger partial charge in [-0.3, -0.25) is 14.5 Å². The molecular weight excluding hydrogens is 527 g/mol. The van der Waals surface area contributed by atoms with Crippen LogP contribution in [0, 0.1) is 5.92 Å². The van der Waals surface area contributed by atoms with Crippen molar-refractivity contribution in [2.75, 3.05) is 17.8 Å². The summed E-state index contributed by atoms with van der Waals surface area (Å²) in [5, 5.41) is 0.708. The van der Waals surface area contributed by atoms with Gasteiger partial charge in [-0.25, -0.2) is 8.42 Å². The lowest BCUT2D eigenvalue weighted by molar-refractivity contribution is -0.137. The minimum atomic E-state index is -4.37. The number of hydrogen-bond donors (Lipinski definition) is 1. The zero-order chi connectivity index (χ0) is 27.6. The van der Waals surface area contributed by atoms with Crippen molar-refractivity contribution in [2.45, 2.75) is 30.3 Å². The summed E-state index contributed by atoms with van der Waals surface area (Å²) in [5.74, 6) is 0.0260. The van der Waals surface area contributed by atoms with Crippen molar-refractivity contribution in [3.63, 3.8) is 0 Å². The Kier molecular flexibility index (Phi) is 7.31. The van der Waals surface area contributed by atoms with Gasteiger partial charge in [-0.15, -0.1) is 0 Å². The Morgan fingerprint density at radius 3 is 2.36 bits per heavy atom. The topological polar surface area (TPSA) is 79.4 Å². The van der Waals surface area contributed by atoms with Gasteiger partial charge in [0.15, 0.2) is 0 Å². The minimum Gasteiger partial charge on any atom is -0.339 e. The third kappa shape index (κ3) is 6.06. The van der Waals surface area contributed by atoms with E-state index < -0.39 is 21.8 Å². The van der Waals surface area contributed by atoms with E-state index in [0.717, 1.165) is 6.07 Å². The van der Waals surface area contributed by atoms with Gasteiger partial charge >= 0.3 is 6.18 Å². The number of carbonyl (C=O) groups excluding carboxylic acids is 1. The first-order valence-electron chi connectivity index (χ1n) is 12.5. The lowest BCUT2D eigenvalue weighted by Crippen LogP contribution is -2.38. The molecule has 1 saturated heterocycles. The molecule has 0 spiro atoms. The highest BCUT2D eigenvalue weighted by atomic mass is 32.2. The number of benzene rings is 3. The van der Waals surface area contributed by atoms with Crippen LogP contribution in [0.25, 0.3) is 10.9 Å². The van der Waals surface area contributed by atoms with Crippen molar-refractivity contribution in [2.24, 2.45) is 5.92 Å². The Labute approximate surface area is 224 Å². The maximum atomic E-state index is 13.0. The second-order valence-corrected chi connectivity index (χ2v) is 11.3. The first-order chi connectivity index (χ1) is 18.6. The van der Waals surface area contributed by atoms with E-state index >= 15 is 0 Å². The number of anilines is 1. The number of fused-ring (bicyclic) bond motifs is 1. The number of pyridine rings is 1. The van der Waals surface area contributed by atoms with E-state index in [9.17, 15) is 26.4 Å². The molecule has 1 aliphatic rings. The molecule has 0 saturated carbocycles. The van der Waals surface area contributed by atoms with Crippen LogP contribution in [0.1, 0.15) is 34.3 Å². The third-order valence-corrected chi connectivity index (χ3v) is 8.36. The number of hydrogen-bond acceptors (Lipinski definition) is 4. The van der Waals surface area contributed by atoms with Gasteiger partial charge in [0.25, 0.3) is 15.9 Å². The summed E-state index contributed by atoms with van der Waals surface area (Å²) in [6, 6.07) is 20.1. The summed E-state index contributed by atoms with van der Waals surface area (Å²) in [7, 11) is -3.91. The molecule has 0 bridgehead atoms. The summed E-state index contributed by atoms with van der Waals surface area (Å²) >= 11 is 0. The number of halogens is 3. The van der Waals surface area contributed by atoms with Crippen molar-refractivity contribution >= 4 is 32.5 Å². The minimum absolute atomic E-state index is 0.0637. The molecular formula is C29H26F3N3O3S. The Morgan fingerprint density at radius 2 is 1.64 bits per heavy atom. The average molecular weight is 554 g/mol. The number of likely N-dealkylation sites (tertiary alicyclic amines) is 1. The van der Waals surface area contributed by atoms with Gasteiger partial charge in [0.2, 0.25) is 0 Å². The quantitative estimate of drug-likeness (QED) is 0.311. The lowest BCUT2D eigenvalue weighted by Gasteiger charge is -2.32. The number of alkyl halides is 3. The van der Waals surface area contributed by atoms with Gasteiger partial charge in [0.1, 0.15) is 4.90 Å². The molecule has 10 heteroatoms. The second-order valence-electron chi connectivity index (χ2n) is 9.65. The molecule has 5 rings (SSSR count). The number of amides is 1. The number of carbonyl (C=O) groups is 1. The predicted molar refractivity (Wildman–Crippen MR) is 143 cm³/mol. The fourth-order valence-corrected chi connectivity index (χ4v) is 6.15. The number of piperidine rings is 1.